The van der Waals surface area contributed by atoms with Gasteiger partial charge in [-0.3, -0.25) is 4.79 Å². The average molecular weight is 356 g/mol. The van der Waals surface area contributed by atoms with Crippen molar-refractivity contribution in [3.05, 3.63) is 64.9 Å². The largest absolute Gasteiger partial charge is 0.496 e. The molecule has 0 fully saturated rings. The summed E-state index contributed by atoms with van der Waals surface area (Å²) in [6.45, 7) is 3.84. The molecule has 0 aliphatic heterocycles. The van der Waals surface area contributed by atoms with Crippen LogP contribution in [0.15, 0.2) is 53.2 Å². The number of methoxy groups -OCH3 is 1. The van der Waals surface area contributed by atoms with Crippen LogP contribution in [-0.2, 0) is 4.79 Å². The number of carbonyl (C=O) groups excluding carboxylic acids is 1. The Bertz CT molecular complexity index is 972. The van der Waals surface area contributed by atoms with E-state index in [-0.39, 0.29) is 5.91 Å². The number of benzene rings is 2. The Labute approximate surface area is 151 Å². The maximum absolute atomic E-state index is 12.3. The van der Waals surface area contributed by atoms with Gasteiger partial charge in [-0.2, -0.15) is 0 Å². The van der Waals surface area contributed by atoms with Gasteiger partial charge in [-0.05, 0) is 43.2 Å². The number of aryl methyl sites for hydroxylation is 1. The fraction of sp³-hybridized carbons (Fsp3) is 0.150. The molecule has 3 aromatic rings. The van der Waals surface area contributed by atoms with Crippen molar-refractivity contribution in [2.75, 3.05) is 12.4 Å². The number of carbonyl (C=O) groups is 1. The Morgan fingerprint density at radius 1 is 1.28 bits per heavy atom. The topological polar surface area (TPSA) is 51.5 Å². The van der Waals surface area contributed by atoms with Crippen molar-refractivity contribution in [2.24, 2.45) is 0 Å². The monoisotopic (exact) mass is 355 g/mol. The summed E-state index contributed by atoms with van der Waals surface area (Å²) >= 11 is 6.07. The third kappa shape index (κ3) is 3.54. The van der Waals surface area contributed by atoms with Crippen LogP contribution in [0.25, 0.3) is 16.5 Å². The summed E-state index contributed by atoms with van der Waals surface area (Å²) in [6.07, 6.45) is 3.24. The highest BCUT2D eigenvalue weighted by Crippen LogP contribution is 2.33. The van der Waals surface area contributed by atoms with Gasteiger partial charge in [0.1, 0.15) is 11.3 Å². The molecule has 0 saturated carbocycles. The van der Waals surface area contributed by atoms with Crippen molar-refractivity contribution in [3.63, 3.8) is 0 Å². The molecule has 0 radical (unpaired) electrons. The second-order valence-electron chi connectivity index (χ2n) is 5.76. The number of fused-ring (bicyclic) bond motifs is 1. The SMILES string of the molecule is COc1cc2occ(C)c2cc1/C(C)=C/C(=O)Nc1ccccc1Cl. The first-order valence-corrected chi connectivity index (χ1v) is 8.17. The Balaban J connectivity index is 1.93. The summed E-state index contributed by atoms with van der Waals surface area (Å²) < 4.78 is 11.0. The Kier molecular flexibility index (Phi) is 4.81. The van der Waals surface area contributed by atoms with E-state index in [4.69, 9.17) is 20.8 Å². The number of amides is 1. The number of ether oxygens (including phenoxy) is 1. The molecular weight excluding hydrogens is 338 g/mol. The average Bonchev–Trinajstić information content (AvgIpc) is 2.96. The van der Waals surface area contributed by atoms with Crippen LogP contribution in [-0.4, -0.2) is 13.0 Å². The lowest BCUT2D eigenvalue weighted by Gasteiger charge is -2.10. The molecule has 0 unspecified atom stereocenters. The number of halogens is 1. The molecule has 128 valence electrons. The van der Waals surface area contributed by atoms with Gasteiger partial charge in [0, 0.05) is 23.1 Å². The number of anilines is 1. The van der Waals surface area contributed by atoms with Crippen molar-refractivity contribution in [1.82, 2.24) is 0 Å². The summed E-state index contributed by atoms with van der Waals surface area (Å²) in [5.74, 6) is 0.401. The van der Waals surface area contributed by atoms with Crippen LogP contribution >= 0.6 is 11.6 Å². The van der Waals surface area contributed by atoms with Gasteiger partial charge in [0.15, 0.2) is 0 Å². The van der Waals surface area contributed by atoms with Crippen LogP contribution in [0.5, 0.6) is 5.75 Å². The highest BCUT2D eigenvalue weighted by molar-refractivity contribution is 6.33. The van der Waals surface area contributed by atoms with Gasteiger partial charge in [0.25, 0.3) is 0 Å². The van der Waals surface area contributed by atoms with Crippen molar-refractivity contribution in [3.8, 4) is 5.75 Å². The fourth-order valence-corrected chi connectivity index (χ4v) is 2.85. The lowest BCUT2D eigenvalue weighted by molar-refractivity contribution is -0.111. The first-order chi connectivity index (χ1) is 12.0. The fourth-order valence-electron chi connectivity index (χ4n) is 2.67. The number of nitrogens with one attached hydrogen (secondary N) is 1. The molecule has 5 heteroatoms. The molecule has 1 heterocycles. The summed E-state index contributed by atoms with van der Waals surface area (Å²) in [4.78, 5) is 12.3. The zero-order chi connectivity index (χ0) is 18.0. The lowest BCUT2D eigenvalue weighted by atomic mass is 10.0. The van der Waals surface area contributed by atoms with E-state index in [0.29, 0.717) is 16.5 Å². The molecular formula is C20H18ClNO3. The van der Waals surface area contributed by atoms with Gasteiger partial charge < -0.3 is 14.5 Å². The molecule has 0 atom stereocenters. The van der Waals surface area contributed by atoms with Gasteiger partial charge in [0.05, 0.1) is 24.1 Å². The van der Waals surface area contributed by atoms with Crippen molar-refractivity contribution < 1.29 is 13.9 Å². The van der Waals surface area contributed by atoms with E-state index >= 15 is 0 Å². The minimum Gasteiger partial charge on any atom is -0.496 e. The van der Waals surface area contributed by atoms with Gasteiger partial charge in [-0.1, -0.05) is 23.7 Å². The smallest absolute Gasteiger partial charge is 0.248 e. The molecule has 1 amide bonds. The number of furan rings is 1. The van der Waals surface area contributed by atoms with Crippen LogP contribution < -0.4 is 10.1 Å². The predicted octanol–water partition coefficient (Wildman–Crippen LogP) is 5.45. The summed E-state index contributed by atoms with van der Waals surface area (Å²) in [7, 11) is 1.59. The molecule has 25 heavy (non-hydrogen) atoms. The molecule has 1 aromatic heterocycles. The molecule has 1 N–H and O–H groups in total. The van der Waals surface area contributed by atoms with E-state index in [1.54, 1.807) is 25.5 Å². The zero-order valence-electron chi connectivity index (χ0n) is 14.2. The van der Waals surface area contributed by atoms with Crippen LogP contribution in [0, 0.1) is 6.92 Å². The Hall–Kier alpha value is -2.72. The maximum Gasteiger partial charge on any atom is 0.248 e. The normalized spacial score (nSPS) is 11.6. The summed E-state index contributed by atoms with van der Waals surface area (Å²) in [5.41, 5.74) is 3.99. The van der Waals surface area contributed by atoms with Gasteiger partial charge in [-0.15, -0.1) is 0 Å². The quantitative estimate of drug-likeness (QED) is 0.633. The summed E-state index contributed by atoms with van der Waals surface area (Å²) in [5, 5.41) is 4.28. The van der Waals surface area contributed by atoms with Gasteiger partial charge >= 0.3 is 0 Å². The van der Waals surface area contributed by atoms with E-state index in [0.717, 1.165) is 27.7 Å². The van der Waals surface area contributed by atoms with Crippen LogP contribution in [0.2, 0.25) is 5.02 Å². The third-order valence-electron chi connectivity index (χ3n) is 3.99. The zero-order valence-corrected chi connectivity index (χ0v) is 15.0. The molecule has 0 spiro atoms. The molecule has 0 saturated heterocycles. The predicted molar refractivity (Wildman–Crippen MR) is 101 cm³/mol. The molecule has 2 aromatic carbocycles. The summed E-state index contributed by atoms with van der Waals surface area (Å²) in [6, 6.07) is 10.9. The lowest BCUT2D eigenvalue weighted by Crippen LogP contribution is -2.09. The molecule has 3 rings (SSSR count). The van der Waals surface area contributed by atoms with Crippen molar-refractivity contribution in [1.29, 1.82) is 0 Å². The van der Waals surface area contributed by atoms with E-state index in [9.17, 15) is 4.79 Å². The van der Waals surface area contributed by atoms with Crippen LogP contribution in [0.4, 0.5) is 5.69 Å². The van der Waals surface area contributed by atoms with Gasteiger partial charge in [0.2, 0.25) is 5.91 Å². The molecule has 0 aliphatic rings. The minimum absolute atomic E-state index is 0.253. The van der Waals surface area contributed by atoms with E-state index < -0.39 is 0 Å². The number of hydrogen-bond acceptors (Lipinski definition) is 3. The van der Waals surface area contributed by atoms with Crippen LogP contribution in [0.3, 0.4) is 0 Å². The first-order valence-electron chi connectivity index (χ1n) is 7.79. The van der Waals surface area contributed by atoms with Crippen LogP contribution in [0.1, 0.15) is 18.1 Å². The molecule has 0 bridgehead atoms. The third-order valence-corrected chi connectivity index (χ3v) is 4.32. The Morgan fingerprint density at radius 3 is 2.76 bits per heavy atom. The molecule has 4 nitrogen and oxygen atoms in total. The molecule has 0 aliphatic carbocycles. The van der Waals surface area contributed by atoms with Crippen molar-refractivity contribution >= 4 is 39.7 Å². The van der Waals surface area contributed by atoms with Gasteiger partial charge in [-0.25, -0.2) is 0 Å². The van der Waals surface area contributed by atoms with Crippen molar-refractivity contribution in [2.45, 2.75) is 13.8 Å². The Morgan fingerprint density at radius 2 is 2.04 bits per heavy atom. The highest BCUT2D eigenvalue weighted by atomic mass is 35.5. The second-order valence-corrected chi connectivity index (χ2v) is 6.17. The number of hydrogen-bond donors (Lipinski definition) is 1. The number of para-hydroxylation sites is 1. The number of allylic oxidation sites excluding steroid dienone is 1. The van der Waals surface area contributed by atoms with E-state index in [2.05, 4.69) is 5.32 Å². The first kappa shape index (κ1) is 17.1. The maximum atomic E-state index is 12.3. The van der Waals surface area contributed by atoms with E-state index in [1.165, 1.54) is 6.08 Å². The minimum atomic E-state index is -0.253. The number of rotatable bonds is 4. The highest BCUT2D eigenvalue weighted by Gasteiger charge is 2.12. The second kappa shape index (κ2) is 7.03. The van der Waals surface area contributed by atoms with E-state index in [1.807, 2.05) is 38.1 Å². The standard InChI is InChI=1S/C20H18ClNO3/c1-12(8-20(23)22-17-7-5-4-6-16(17)21)14-9-15-13(2)11-25-19(15)10-18(14)24-3/h4-11H,1-3H3,(H,22,23)/b12-8+.